The van der Waals surface area contributed by atoms with Gasteiger partial charge in [-0.1, -0.05) is 15.9 Å². The number of esters is 2. The Morgan fingerprint density at radius 2 is 1.13 bits per heavy atom. The van der Waals surface area contributed by atoms with Gasteiger partial charge in [-0.05, 0) is 103 Å². The minimum Gasteiger partial charge on any atom is -0.497 e. The van der Waals surface area contributed by atoms with Crippen LogP contribution in [0.25, 0.3) is 22.2 Å². The first-order valence-corrected chi connectivity index (χ1v) is 15.1. The van der Waals surface area contributed by atoms with Crippen molar-refractivity contribution in [1.29, 1.82) is 0 Å². The monoisotopic (exact) mass is 678 g/mol. The number of fused-ring (bicyclic) bond motifs is 2. The second kappa shape index (κ2) is 12.5. The molecule has 0 aliphatic carbocycles. The van der Waals surface area contributed by atoms with E-state index in [0.717, 1.165) is 4.47 Å². The predicted octanol–water partition coefficient (Wildman–Crippen LogP) is 7.06. The Hall–Kier alpha value is -5.48. The van der Waals surface area contributed by atoms with Gasteiger partial charge >= 0.3 is 11.9 Å². The molecule has 6 aromatic rings. The lowest BCUT2D eigenvalue weighted by molar-refractivity contribution is 0.0527. The van der Waals surface area contributed by atoms with Crippen molar-refractivity contribution in [3.63, 3.8) is 0 Å². The molecule has 0 spiro atoms. The van der Waals surface area contributed by atoms with E-state index in [-0.39, 0.29) is 29.3 Å². The molecule has 46 heavy (non-hydrogen) atoms. The van der Waals surface area contributed by atoms with E-state index in [9.17, 15) is 19.2 Å². The highest BCUT2D eigenvalue weighted by atomic mass is 79.9. The Kier molecular flexibility index (Phi) is 8.29. The van der Waals surface area contributed by atoms with E-state index in [4.69, 9.17) is 14.2 Å². The third-order valence-electron chi connectivity index (χ3n) is 7.70. The molecular formula is C36H27BrN2O7. The van der Waals surface area contributed by atoms with Gasteiger partial charge in [-0.3, -0.25) is 9.59 Å². The maximum Gasteiger partial charge on any atom is 0.340 e. The van der Waals surface area contributed by atoms with Crippen LogP contribution in [-0.4, -0.2) is 53.1 Å². The minimum atomic E-state index is -0.585. The maximum atomic E-state index is 13.6. The van der Waals surface area contributed by atoms with Crippen LogP contribution in [0.1, 0.15) is 59.7 Å². The summed E-state index contributed by atoms with van der Waals surface area (Å²) in [5.41, 5.74) is 4.33. The molecule has 0 aliphatic rings. The largest absolute Gasteiger partial charge is 0.497 e. The van der Waals surface area contributed by atoms with Crippen LogP contribution in [0, 0.1) is 0 Å². The first-order chi connectivity index (χ1) is 22.2. The van der Waals surface area contributed by atoms with Crippen molar-refractivity contribution in [1.82, 2.24) is 8.80 Å². The van der Waals surface area contributed by atoms with E-state index < -0.39 is 11.9 Å². The summed E-state index contributed by atoms with van der Waals surface area (Å²) in [5.74, 6) is -1.06. The lowest BCUT2D eigenvalue weighted by Crippen LogP contribution is -2.05. The maximum absolute atomic E-state index is 13.6. The molecule has 230 valence electrons. The van der Waals surface area contributed by atoms with Gasteiger partial charge in [-0.25, -0.2) is 9.59 Å². The van der Waals surface area contributed by atoms with Gasteiger partial charge in [0.15, 0.2) is 0 Å². The van der Waals surface area contributed by atoms with E-state index in [1.54, 1.807) is 95.9 Å². The second-order valence-corrected chi connectivity index (χ2v) is 11.2. The standard InChI is InChI=1S/C36H27BrN2O7/c1-4-46-36(43)28-20-32(34(41)22-7-11-26(44-2)12-8-22)39-16-14-24(18-30(28)39)23-13-15-38-29(17-23)27(35(42)45-3)19-31(38)33(40)21-5-9-25(37)10-6-21/h5-20H,4H2,1-3H3. The molecule has 0 radical (unpaired) electrons. The molecular weight excluding hydrogens is 652 g/mol. The molecule has 0 atom stereocenters. The molecule has 9 nitrogen and oxygen atoms in total. The van der Waals surface area contributed by atoms with Gasteiger partial charge in [0, 0.05) is 28.0 Å². The highest BCUT2D eigenvalue weighted by molar-refractivity contribution is 9.10. The minimum absolute atomic E-state index is 0.167. The SMILES string of the molecule is CCOC(=O)c1cc(C(=O)c2ccc(OC)cc2)n2ccc(-c3ccn4c(C(=O)c5ccc(Br)cc5)cc(C(=O)OC)c4c3)cc12. The third-order valence-corrected chi connectivity index (χ3v) is 8.23. The van der Waals surface area contributed by atoms with Gasteiger partial charge < -0.3 is 23.0 Å². The number of benzene rings is 2. The quantitative estimate of drug-likeness (QED) is 0.119. The van der Waals surface area contributed by atoms with Crippen LogP contribution in [0.15, 0.2) is 102 Å². The van der Waals surface area contributed by atoms with E-state index in [0.29, 0.717) is 50.4 Å². The van der Waals surface area contributed by atoms with Crippen molar-refractivity contribution in [3.05, 3.63) is 135 Å². The fourth-order valence-electron chi connectivity index (χ4n) is 5.39. The van der Waals surface area contributed by atoms with Gasteiger partial charge in [0.2, 0.25) is 11.6 Å². The summed E-state index contributed by atoms with van der Waals surface area (Å²) in [4.78, 5) is 52.9. The van der Waals surface area contributed by atoms with E-state index >= 15 is 0 Å². The van der Waals surface area contributed by atoms with Gasteiger partial charge in [0.25, 0.3) is 0 Å². The normalized spacial score (nSPS) is 11.0. The van der Waals surface area contributed by atoms with Crippen LogP contribution in [0.5, 0.6) is 5.75 Å². The molecule has 0 aliphatic heterocycles. The number of halogens is 1. The molecule has 0 amide bonds. The molecule has 6 rings (SSSR count). The summed E-state index contributed by atoms with van der Waals surface area (Å²) in [5, 5.41) is 0. The van der Waals surface area contributed by atoms with Crippen LogP contribution in [0.2, 0.25) is 0 Å². The highest BCUT2D eigenvalue weighted by Crippen LogP contribution is 2.30. The van der Waals surface area contributed by atoms with Crippen molar-refractivity contribution in [3.8, 4) is 16.9 Å². The van der Waals surface area contributed by atoms with Crippen LogP contribution in [0.4, 0.5) is 0 Å². The fourth-order valence-corrected chi connectivity index (χ4v) is 5.65. The van der Waals surface area contributed by atoms with E-state index in [1.807, 2.05) is 12.1 Å². The number of hydrogen-bond acceptors (Lipinski definition) is 7. The number of methoxy groups -OCH3 is 2. The van der Waals surface area contributed by atoms with Crippen molar-refractivity contribution >= 4 is 50.5 Å². The van der Waals surface area contributed by atoms with Crippen LogP contribution < -0.4 is 4.74 Å². The Labute approximate surface area is 272 Å². The number of pyridine rings is 2. The average molecular weight is 680 g/mol. The Morgan fingerprint density at radius 3 is 1.59 bits per heavy atom. The molecule has 0 saturated heterocycles. The van der Waals surface area contributed by atoms with E-state index in [2.05, 4.69) is 15.9 Å². The van der Waals surface area contributed by atoms with Gasteiger partial charge in [-0.2, -0.15) is 0 Å². The number of hydrogen-bond donors (Lipinski definition) is 0. The third kappa shape index (κ3) is 5.48. The summed E-state index contributed by atoms with van der Waals surface area (Å²) in [6, 6.07) is 24.0. The van der Waals surface area contributed by atoms with Gasteiger partial charge in [-0.15, -0.1) is 0 Å². The lowest BCUT2D eigenvalue weighted by Gasteiger charge is -2.09. The average Bonchev–Trinajstić information content (AvgIpc) is 3.66. The molecule has 4 aromatic heterocycles. The smallest absolute Gasteiger partial charge is 0.340 e. The molecule has 10 heteroatoms. The summed E-state index contributed by atoms with van der Waals surface area (Å²) in [6.45, 7) is 1.88. The lowest BCUT2D eigenvalue weighted by atomic mass is 10.1. The predicted molar refractivity (Wildman–Crippen MR) is 175 cm³/mol. The topological polar surface area (TPSA) is 105 Å². The summed E-state index contributed by atoms with van der Waals surface area (Å²) >= 11 is 3.39. The zero-order chi connectivity index (χ0) is 32.5. The number of nitrogens with zero attached hydrogens (tertiary/aromatic N) is 2. The first-order valence-electron chi connectivity index (χ1n) is 14.3. The van der Waals surface area contributed by atoms with Crippen LogP contribution >= 0.6 is 15.9 Å². The number of aromatic nitrogens is 2. The van der Waals surface area contributed by atoms with Crippen LogP contribution in [0.3, 0.4) is 0 Å². The van der Waals surface area contributed by atoms with Crippen molar-refractivity contribution < 1.29 is 33.4 Å². The highest BCUT2D eigenvalue weighted by Gasteiger charge is 2.24. The molecule has 2 aromatic carbocycles. The molecule has 0 unspecified atom stereocenters. The Bertz CT molecular complexity index is 2160. The van der Waals surface area contributed by atoms with Crippen LogP contribution in [-0.2, 0) is 9.47 Å². The number of ether oxygens (including phenoxy) is 3. The fraction of sp³-hybridized carbons (Fsp3) is 0.111. The van der Waals surface area contributed by atoms with Crippen molar-refractivity contribution in [2.75, 3.05) is 20.8 Å². The number of carbonyl (C=O) groups is 4. The summed E-state index contributed by atoms with van der Waals surface area (Å²) in [7, 11) is 2.84. The zero-order valence-corrected chi connectivity index (χ0v) is 26.7. The summed E-state index contributed by atoms with van der Waals surface area (Å²) in [6.07, 6.45) is 3.44. The second-order valence-electron chi connectivity index (χ2n) is 10.3. The molecule has 0 N–H and O–H groups in total. The molecule has 0 bridgehead atoms. The van der Waals surface area contributed by atoms with Gasteiger partial charge in [0.05, 0.1) is 54.4 Å². The van der Waals surface area contributed by atoms with Crippen molar-refractivity contribution in [2.45, 2.75) is 6.92 Å². The Morgan fingerprint density at radius 1 is 0.652 bits per heavy atom. The van der Waals surface area contributed by atoms with Crippen molar-refractivity contribution in [2.24, 2.45) is 0 Å². The number of rotatable bonds is 9. The molecule has 0 fully saturated rings. The number of carbonyl (C=O) groups excluding carboxylic acids is 4. The molecule has 0 saturated carbocycles. The Balaban J connectivity index is 1.47. The summed E-state index contributed by atoms with van der Waals surface area (Å²) < 4.78 is 19.7. The first kappa shape index (κ1) is 30.5. The molecule has 4 heterocycles. The van der Waals surface area contributed by atoms with Gasteiger partial charge in [0.1, 0.15) is 5.75 Å². The van der Waals surface area contributed by atoms with E-state index in [1.165, 1.54) is 19.2 Å². The zero-order valence-electron chi connectivity index (χ0n) is 25.1. The number of ketones is 2.